The molecule has 0 aromatic carbocycles. The van der Waals surface area contributed by atoms with Gasteiger partial charge in [0.1, 0.15) is 0 Å². The van der Waals surface area contributed by atoms with Crippen LogP contribution in [0.15, 0.2) is 24.3 Å². The number of rotatable bonds is 53. The Morgan fingerprint density at radius 2 is 0.613 bits per heavy atom. The molecule has 0 radical (unpaired) electrons. The number of aliphatic hydroxyl groups excluding tert-OH is 2. The third kappa shape index (κ3) is 49.9. The van der Waals surface area contributed by atoms with E-state index < -0.39 is 12.1 Å². The normalized spacial score (nSPS) is 12.9. The van der Waals surface area contributed by atoms with Crippen molar-refractivity contribution in [2.75, 3.05) is 6.61 Å². The highest BCUT2D eigenvalue weighted by molar-refractivity contribution is 5.76. The molecule has 368 valence electrons. The second-order valence-corrected chi connectivity index (χ2v) is 19.7. The minimum Gasteiger partial charge on any atom is -0.394 e. The van der Waals surface area contributed by atoms with Crippen LogP contribution < -0.4 is 5.32 Å². The molecule has 0 aliphatic rings. The Morgan fingerprint density at radius 3 is 0.887 bits per heavy atom. The third-order valence-electron chi connectivity index (χ3n) is 13.4. The highest BCUT2D eigenvalue weighted by Gasteiger charge is 2.18. The largest absolute Gasteiger partial charge is 0.394 e. The van der Waals surface area contributed by atoms with Crippen molar-refractivity contribution in [3.8, 4) is 0 Å². The van der Waals surface area contributed by atoms with Crippen LogP contribution in [0.5, 0.6) is 0 Å². The van der Waals surface area contributed by atoms with Gasteiger partial charge in [-0.25, -0.2) is 0 Å². The fourth-order valence-electron chi connectivity index (χ4n) is 9.06. The van der Waals surface area contributed by atoms with Gasteiger partial charge in [-0.3, -0.25) is 4.79 Å². The van der Waals surface area contributed by atoms with E-state index in [1.165, 1.54) is 276 Å². The van der Waals surface area contributed by atoms with Crippen LogP contribution in [-0.2, 0) is 4.79 Å². The van der Waals surface area contributed by atoms with E-state index in [2.05, 4.69) is 31.3 Å². The van der Waals surface area contributed by atoms with Crippen LogP contribution in [0.4, 0.5) is 0 Å². The van der Waals surface area contributed by atoms with E-state index in [1.54, 1.807) is 6.08 Å². The predicted molar refractivity (Wildman–Crippen MR) is 276 cm³/mol. The van der Waals surface area contributed by atoms with Gasteiger partial charge in [0, 0.05) is 6.42 Å². The summed E-state index contributed by atoms with van der Waals surface area (Å²) in [6, 6.07) is -0.618. The molecule has 62 heavy (non-hydrogen) atoms. The predicted octanol–water partition coefficient (Wildman–Crippen LogP) is 18.7. The zero-order valence-corrected chi connectivity index (χ0v) is 42.4. The lowest BCUT2D eigenvalue weighted by molar-refractivity contribution is -0.123. The summed E-state index contributed by atoms with van der Waals surface area (Å²) < 4.78 is 0. The maximum Gasteiger partial charge on any atom is 0.220 e. The number of allylic oxidation sites excluding steroid dienone is 3. The molecule has 0 aliphatic heterocycles. The molecule has 0 rings (SSSR count). The SMILES string of the molecule is CCCCCCCCCC/C=C\CCCCCCCCCCCCCCCCCCCCCCCCCCCC(=O)NC(CO)C(O)/C=C/CCCCCCCCCCCCC. The molecule has 2 atom stereocenters. The minimum absolute atomic E-state index is 0.0584. The van der Waals surface area contributed by atoms with E-state index in [9.17, 15) is 15.0 Å². The van der Waals surface area contributed by atoms with Gasteiger partial charge in [0.15, 0.2) is 0 Å². The second-order valence-electron chi connectivity index (χ2n) is 19.7. The molecular weight excluding hydrogens is 759 g/mol. The maximum atomic E-state index is 12.4. The van der Waals surface area contributed by atoms with Gasteiger partial charge in [-0.1, -0.05) is 295 Å². The summed E-state index contributed by atoms with van der Waals surface area (Å²) in [6.45, 7) is 4.33. The summed E-state index contributed by atoms with van der Waals surface area (Å²) in [5.41, 5.74) is 0. The van der Waals surface area contributed by atoms with Gasteiger partial charge < -0.3 is 15.5 Å². The third-order valence-corrected chi connectivity index (χ3v) is 13.4. The monoisotopic (exact) mass is 872 g/mol. The van der Waals surface area contributed by atoms with Crippen LogP contribution in [0.2, 0.25) is 0 Å². The summed E-state index contributed by atoms with van der Waals surface area (Å²) in [4.78, 5) is 12.4. The number of hydrogen-bond acceptors (Lipinski definition) is 3. The average Bonchev–Trinajstić information content (AvgIpc) is 3.28. The lowest BCUT2D eigenvalue weighted by Crippen LogP contribution is -2.45. The summed E-state index contributed by atoms with van der Waals surface area (Å²) in [6.07, 6.45) is 72.2. The highest BCUT2D eigenvalue weighted by atomic mass is 16.3. The number of nitrogens with one attached hydrogen (secondary N) is 1. The molecule has 0 aromatic rings. The Hall–Kier alpha value is -1.13. The Bertz CT molecular complexity index is 901. The standard InChI is InChI=1S/C58H113NO3/c1-3-5-7-9-11-13-15-17-18-19-20-21-22-23-24-25-26-27-28-29-30-31-32-33-34-35-36-37-38-39-40-42-44-46-48-50-52-54-58(62)59-56(55-60)57(61)53-51-49-47-45-43-41-16-14-12-10-8-6-4-2/h19-20,51,53,56-57,60-61H,3-18,21-50,52,54-55H2,1-2H3,(H,59,62)/b20-19-,53-51+. The van der Waals surface area contributed by atoms with E-state index >= 15 is 0 Å². The second kappa shape index (κ2) is 54.2. The summed E-state index contributed by atoms with van der Waals surface area (Å²) in [5.74, 6) is -0.0584. The zero-order valence-electron chi connectivity index (χ0n) is 42.4. The van der Waals surface area contributed by atoms with Crippen molar-refractivity contribution in [1.82, 2.24) is 5.32 Å². The zero-order chi connectivity index (χ0) is 44.9. The van der Waals surface area contributed by atoms with Crippen molar-refractivity contribution in [2.24, 2.45) is 0 Å². The van der Waals surface area contributed by atoms with Gasteiger partial charge in [0.25, 0.3) is 0 Å². The Morgan fingerprint density at radius 1 is 0.371 bits per heavy atom. The molecule has 0 fully saturated rings. The van der Waals surface area contributed by atoms with E-state index in [0.717, 1.165) is 25.7 Å². The smallest absolute Gasteiger partial charge is 0.220 e. The Balaban J connectivity index is 3.36. The van der Waals surface area contributed by atoms with E-state index in [-0.39, 0.29) is 12.5 Å². The van der Waals surface area contributed by atoms with Gasteiger partial charge in [-0.15, -0.1) is 0 Å². The fraction of sp³-hybridized carbons (Fsp3) is 0.914. The molecule has 1 amide bonds. The highest BCUT2D eigenvalue weighted by Crippen LogP contribution is 2.17. The molecule has 0 aliphatic carbocycles. The van der Waals surface area contributed by atoms with E-state index in [4.69, 9.17) is 0 Å². The first-order chi connectivity index (χ1) is 30.7. The van der Waals surface area contributed by atoms with Crippen LogP contribution in [-0.4, -0.2) is 34.9 Å². The molecule has 0 bridgehead atoms. The molecule has 2 unspecified atom stereocenters. The number of carbonyl (C=O) groups excluding carboxylic acids is 1. The first-order valence-electron chi connectivity index (χ1n) is 28.6. The van der Waals surface area contributed by atoms with Crippen LogP contribution in [0.1, 0.15) is 322 Å². The van der Waals surface area contributed by atoms with Crippen molar-refractivity contribution in [3.63, 3.8) is 0 Å². The van der Waals surface area contributed by atoms with Gasteiger partial charge in [-0.2, -0.15) is 0 Å². The van der Waals surface area contributed by atoms with Gasteiger partial charge in [0.05, 0.1) is 18.8 Å². The number of carbonyl (C=O) groups is 1. The average molecular weight is 873 g/mol. The van der Waals surface area contributed by atoms with Crippen molar-refractivity contribution in [3.05, 3.63) is 24.3 Å². The molecule has 0 heterocycles. The van der Waals surface area contributed by atoms with Crippen LogP contribution >= 0.6 is 0 Å². The minimum atomic E-state index is -0.835. The van der Waals surface area contributed by atoms with Gasteiger partial charge >= 0.3 is 0 Å². The quantitative estimate of drug-likeness (QED) is 0.0421. The molecule has 0 spiro atoms. The first kappa shape index (κ1) is 60.9. The molecule has 3 N–H and O–H groups in total. The van der Waals surface area contributed by atoms with Crippen molar-refractivity contribution in [2.45, 2.75) is 334 Å². The molecule has 0 saturated carbocycles. The Kier molecular flexibility index (Phi) is 53.2. The molecule has 0 aromatic heterocycles. The maximum absolute atomic E-state index is 12.4. The van der Waals surface area contributed by atoms with E-state index in [1.807, 2.05) is 6.08 Å². The van der Waals surface area contributed by atoms with Crippen molar-refractivity contribution >= 4 is 5.91 Å². The van der Waals surface area contributed by atoms with Gasteiger partial charge in [-0.05, 0) is 44.9 Å². The number of unbranched alkanes of at least 4 members (excludes halogenated alkanes) is 44. The number of hydrogen-bond donors (Lipinski definition) is 3. The summed E-state index contributed by atoms with van der Waals surface area (Å²) >= 11 is 0. The summed E-state index contributed by atoms with van der Waals surface area (Å²) in [5, 5.41) is 23.1. The van der Waals surface area contributed by atoms with Crippen LogP contribution in [0.25, 0.3) is 0 Å². The van der Waals surface area contributed by atoms with Gasteiger partial charge in [0.2, 0.25) is 5.91 Å². The molecule has 0 saturated heterocycles. The van der Waals surface area contributed by atoms with E-state index in [0.29, 0.717) is 6.42 Å². The number of amides is 1. The first-order valence-corrected chi connectivity index (χ1v) is 28.6. The topological polar surface area (TPSA) is 69.6 Å². The Labute approximate surface area is 389 Å². The lowest BCUT2D eigenvalue weighted by atomic mass is 10.0. The molecular formula is C58H113NO3. The van der Waals surface area contributed by atoms with Crippen molar-refractivity contribution in [1.29, 1.82) is 0 Å². The van der Waals surface area contributed by atoms with Crippen LogP contribution in [0.3, 0.4) is 0 Å². The molecule has 4 heteroatoms. The molecule has 4 nitrogen and oxygen atoms in total. The van der Waals surface area contributed by atoms with Crippen molar-refractivity contribution < 1.29 is 15.0 Å². The fourth-order valence-corrected chi connectivity index (χ4v) is 9.06. The number of aliphatic hydroxyl groups is 2. The lowest BCUT2D eigenvalue weighted by Gasteiger charge is -2.20. The van der Waals surface area contributed by atoms with Crippen LogP contribution in [0, 0.1) is 0 Å². The summed E-state index contributed by atoms with van der Waals surface area (Å²) in [7, 11) is 0.